The number of likely N-dealkylation sites (tertiary alicyclic amines) is 1. The number of pyridine rings is 1. The van der Waals surface area contributed by atoms with Gasteiger partial charge in [-0.25, -0.2) is 9.37 Å². The highest BCUT2D eigenvalue weighted by Gasteiger charge is 2.27. The van der Waals surface area contributed by atoms with E-state index in [1.807, 2.05) is 24.4 Å². The zero-order valence-electron chi connectivity index (χ0n) is 12.4. The van der Waals surface area contributed by atoms with Crippen molar-refractivity contribution >= 4 is 11.5 Å². The summed E-state index contributed by atoms with van der Waals surface area (Å²) in [6.45, 7) is 3.73. The third-order valence-electron chi connectivity index (χ3n) is 4.35. The molecular weight excluding hydrogens is 279 g/mol. The number of fused-ring (bicyclic) bond motifs is 1. The van der Waals surface area contributed by atoms with Gasteiger partial charge in [-0.1, -0.05) is 30.3 Å². The molecule has 1 saturated heterocycles. The number of hydrogen-bond acceptors (Lipinski definition) is 4. The maximum atomic E-state index is 12.9. The Balaban J connectivity index is 1.50. The number of anilines is 2. The number of hydrogen-bond donors (Lipinski definition) is 1. The van der Waals surface area contributed by atoms with Crippen molar-refractivity contribution in [1.82, 2.24) is 9.88 Å². The molecule has 114 valence electrons. The van der Waals surface area contributed by atoms with Crippen LogP contribution in [0.1, 0.15) is 0 Å². The summed E-state index contributed by atoms with van der Waals surface area (Å²) < 4.78 is 12.9. The van der Waals surface area contributed by atoms with Crippen LogP contribution in [0.3, 0.4) is 0 Å². The lowest BCUT2D eigenvalue weighted by Gasteiger charge is -2.35. The molecule has 0 amide bonds. The van der Waals surface area contributed by atoms with Gasteiger partial charge in [0.05, 0.1) is 12.4 Å². The van der Waals surface area contributed by atoms with Crippen molar-refractivity contribution in [3.8, 4) is 11.1 Å². The van der Waals surface area contributed by atoms with Crippen LogP contribution in [0.25, 0.3) is 11.1 Å². The molecule has 0 spiro atoms. The molecule has 0 radical (unpaired) electrons. The lowest BCUT2D eigenvalue weighted by Crippen LogP contribution is -2.50. The molecule has 0 saturated carbocycles. The van der Waals surface area contributed by atoms with Gasteiger partial charge in [-0.05, 0) is 11.6 Å². The van der Waals surface area contributed by atoms with Crippen molar-refractivity contribution in [2.45, 2.75) is 6.17 Å². The second-order valence-electron chi connectivity index (χ2n) is 5.91. The lowest BCUT2D eigenvalue weighted by atomic mass is 10.1. The lowest BCUT2D eigenvalue weighted by molar-refractivity contribution is 0.0685. The largest absolute Gasteiger partial charge is 0.351 e. The first-order valence-electron chi connectivity index (χ1n) is 7.70. The summed E-state index contributed by atoms with van der Waals surface area (Å²) >= 11 is 0. The quantitative estimate of drug-likeness (QED) is 0.940. The van der Waals surface area contributed by atoms with Crippen LogP contribution in [0.15, 0.2) is 42.6 Å². The Bertz CT molecular complexity index is 655. The van der Waals surface area contributed by atoms with Crippen LogP contribution >= 0.6 is 0 Å². The Morgan fingerprint density at radius 2 is 1.95 bits per heavy atom. The van der Waals surface area contributed by atoms with Crippen molar-refractivity contribution in [2.24, 2.45) is 0 Å². The number of nitrogens with zero attached hydrogens (tertiary/aromatic N) is 3. The van der Waals surface area contributed by atoms with Crippen LogP contribution in [0.5, 0.6) is 0 Å². The minimum absolute atomic E-state index is 0.580. The van der Waals surface area contributed by atoms with Crippen molar-refractivity contribution in [3.05, 3.63) is 42.6 Å². The molecule has 2 aromatic rings. The van der Waals surface area contributed by atoms with Gasteiger partial charge in [-0.15, -0.1) is 0 Å². The maximum Gasteiger partial charge on any atom is 0.151 e. The number of alkyl halides is 1. The van der Waals surface area contributed by atoms with Gasteiger partial charge in [-0.3, -0.25) is 4.90 Å². The third kappa shape index (κ3) is 2.52. The van der Waals surface area contributed by atoms with E-state index < -0.39 is 6.17 Å². The molecule has 0 atom stereocenters. The van der Waals surface area contributed by atoms with Gasteiger partial charge in [0, 0.05) is 37.9 Å². The monoisotopic (exact) mass is 298 g/mol. The van der Waals surface area contributed by atoms with E-state index in [1.165, 1.54) is 5.56 Å². The highest BCUT2D eigenvalue weighted by Crippen LogP contribution is 2.33. The van der Waals surface area contributed by atoms with Gasteiger partial charge in [-0.2, -0.15) is 0 Å². The second-order valence-corrected chi connectivity index (χ2v) is 5.91. The van der Waals surface area contributed by atoms with Crippen LogP contribution in [-0.2, 0) is 0 Å². The van der Waals surface area contributed by atoms with Gasteiger partial charge < -0.3 is 10.2 Å². The summed E-state index contributed by atoms with van der Waals surface area (Å²) in [5.41, 5.74) is 3.44. The van der Waals surface area contributed by atoms with E-state index in [0.29, 0.717) is 13.1 Å². The molecule has 0 aliphatic carbocycles. The van der Waals surface area contributed by atoms with E-state index in [-0.39, 0.29) is 0 Å². The molecule has 1 aromatic carbocycles. The molecule has 3 heterocycles. The minimum atomic E-state index is -0.629. The van der Waals surface area contributed by atoms with Crippen molar-refractivity contribution in [3.63, 3.8) is 0 Å². The second kappa shape index (κ2) is 5.57. The zero-order valence-corrected chi connectivity index (χ0v) is 12.4. The summed E-state index contributed by atoms with van der Waals surface area (Å²) in [6.07, 6.45) is 1.28. The molecule has 22 heavy (non-hydrogen) atoms. The fourth-order valence-electron chi connectivity index (χ4n) is 3.03. The summed E-state index contributed by atoms with van der Waals surface area (Å²) in [5, 5.41) is 3.32. The fourth-order valence-corrected chi connectivity index (χ4v) is 3.03. The van der Waals surface area contributed by atoms with Gasteiger partial charge in [0.15, 0.2) is 5.82 Å². The van der Waals surface area contributed by atoms with E-state index in [4.69, 9.17) is 0 Å². The van der Waals surface area contributed by atoms with E-state index in [0.717, 1.165) is 36.8 Å². The van der Waals surface area contributed by atoms with Crippen molar-refractivity contribution in [1.29, 1.82) is 0 Å². The Morgan fingerprint density at radius 3 is 2.73 bits per heavy atom. The average Bonchev–Trinajstić information content (AvgIpc) is 2.93. The van der Waals surface area contributed by atoms with E-state index in [1.54, 1.807) is 0 Å². The normalized spacial score (nSPS) is 18.0. The first-order chi connectivity index (χ1) is 10.8. The number of aromatic nitrogens is 1. The van der Waals surface area contributed by atoms with Gasteiger partial charge in [0.2, 0.25) is 0 Å². The first-order valence-corrected chi connectivity index (χ1v) is 7.70. The van der Waals surface area contributed by atoms with Crippen LogP contribution in [-0.4, -0.2) is 48.9 Å². The van der Waals surface area contributed by atoms with Gasteiger partial charge >= 0.3 is 0 Å². The van der Waals surface area contributed by atoms with E-state index in [9.17, 15) is 4.39 Å². The summed E-state index contributed by atoms with van der Waals surface area (Å²) in [5.74, 6) is 0.937. The van der Waals surface area contributed by atoms with Crippen LogP contribution in [0.2, 0.25) is 0 Å². The zero-order chi connectivity index (χ0) is 14.9. The Hall–Kier alpha value is -2.14. The predicted octanol–water partition coefficient (Wildman–Crippen LogP) is 2.59. The highest BCUT2D eigenvalue weighted by molar-refractivity contribution is 5.77. The summed E-state index contributed by atoms with van der Waals surface area (Å²) in [6, 6.07) is 12.5. The highest BCUT2D eigenvalue weighted by atomic mass is 19.1. The SMILES string of the molecule is FC1CN(CCN2CNc3ncc(-c4ccccc4)cc32)C1. The molecule has 0 bridgehead atoms. The predicted molar refractivity (Wildman–Crippen MR) is 86.8 cm³/mol. The summed E-state index contributed by atoms with van der Waals surface area (Å²) in [4.78, 5) is 8.96. The molecule has 2 aliphatic rings. The van der Waals surface area contributed by atoms with Crippen LogP contribution in [0, 0.1) is 0 Å². The molecule has 0 unspecified atom stereocenters. The van der Waals surface area contributed by atoms with Crippen molar-refractivity contribution in [2.75, 3.05) is 43.1 Å². The molecule has 2 aliphatic heterocycles. The van der Waals surface area contributed by atoms with Crippen LogP contribution < -0.4 is 10.2 Å². The van der Waals surface area contributed by atoms with Crippen molar-refractivity contribution < 1.29 is 4.39 Å². The minimum Gasteiger partial charge on any atom is -0.351 e. The third-order valence-corrected chi connectivity index (χ3v) is 4.35. The molecule has 1 aromatic heterocycles. The van der Waals surface area contributed by atoms with Gasteiger partial charge in [0.25, 0.3) is 0 Å². The average molecular weight is 298 g/mol. The van der Waals surface area contributed by atoms with Gasteiger partial charge in [0.1, 0.15) is 6.17 Å². The van der Waals surface area contributed by atoms with Crippen LogP contribution in [0.4, 0.5) is 15.9 Å². The number of rotatable bonds is 4. The molecular formula is C17H19FN4. The molecule has 5 heteroatoms. The van der Waals surface area contributed by atoms with E-state index in [2.05, 4.69) is 38.3 Å². The topological polar surface area (TPSA) is 31.4 Å². The standard InChI is InChI=1S/C17H19FN4/c18-15-10-21(11-15)6-7-22-12-20-17-16(22)8-14(9-19-17)13-4-2-1-3-5-13/h1-5,8-9,15H,6-7,10-12H2,(H,19,20). The maximum absolute atomic E-state index is 12.9. The first kappa shape index (κ1) is 13.5. The number of nitrogens with one attached hydrogen (secondary N) is 1. The van der Waals surface area contributed by atoms with E-state index >= 15 is 0 Å². The molecule has 4 nitrogen and oxygen atoms in total. The fraction of sp³-hybridized carbons (Fsp3) is 0.353. The Kier molecular flexibility index (Phi) is 3.42. The number of benzene rings is 1. The molecule has 1 N–H and O–H groups in total. The summed E-state index contributed by atoms with van der Waals surface area (Å²) in [7, 11) is 0. The Labute approximate surface area is 129 Å². The molecule has 1 fully saturated rings. The Morgan fingerprint density at radius 1 is 1.14 bits per heavy atom. The smallest absolute Gasteiger partial charge is 0.151 e. The number of halogens is 1. The molecule has 4 rings (SSSR count).